The van der Waals surface area contributed by atoms with Gasteiger partial charge in [0.15, 0.2) is 0 Å². The van der Waals surface area contributed by atoms with Crippen molar-refractivity contribution in [1.82, 2.24) is 15.1 Å². The van der Waals surface area contributed by atoms with Crippen molar-refractivity contribution in [2.75, 3.05) is 6.61 Å². The molecule has 0 saturated carbocycles. The van der Waals surface area contributed by atoms with Crippen molar-refractivity contribution < 1.29 is 4.74 Å². The smallest absolute Gasteiger partial charge is 0.120 e. The molecule has 1 aromatic heterocycles. The lowest BCUT2D eigenvalue weighted by Crippen LogP contribution is -2.19. The second-order valence-corrected chi connectivity index (χ2v) is 6.40. The first kappa shape index (κ1) is 18.3. The minimum Gasteiger partial charge on any atom is -0.489 e. The lowest BCUT2D eigenvalue weighted by Gasteiger charge is -2.15. The summed E-state index contributed by atoms with van der Waals surface area (Å²) in [5.74, 6) is 0.885. The summed E-state index contributed by atoms with van der Waals surface area (Å²) in [6.45, 7) is 16.6. The van der Waals surface area contributed by atoms with Crippen LogP contribution in [0.1, 0.15) is 49.3 Å². The molecule has 1 N–H and O–H groups in total. The van der Waals surface area contributed by atoms with Gasteiger partial charge in [-0.3, -0.25) is 4.68 Å². The molecule has 1 aromatic carbocycles. The monoisotopic (exact) mass is 327 g/mol. The highest BCUT2D eigenvalue weighted by Crippen LogP contribution is 2.22. The lowest BCUT2D eigenvalue weighted by molar-refractivity contribution is 0.352. The summed E-state index contributed by atoms with van der Waals surface area (Å²) < 4.78 is 7.78. The Morgan fingerprint density at radius 2 is 2.12 bits per heavy atom. The fraction of sp³-hybridized carbons (Fsp3) is 0.450. The SMILES string of the molecule is C=C(C)COc1cccc(CNC(C)c2c(C)nn(CC)c2C)c1. The molecule has 0 saturated heterocycles. The van der Waals surface area contributed by atoms with E-state index in [1.807, 2.05) is 19.1 Å². The summed E-state index contributed by atoms with van der Waals surface area (Å²) in [4.78, 5) is 0. The predicted molar refractivity (Wildman–Crippen MR) is 99.4 cm³/mol. The standard InChI is InChI=1S/C20H29N3O/c1-7-23-17(6)20(16(5)22-23)15(4)21-12-18-9-8-10-19(11-18)24-13-14(2)3/h8-11,15,21H,2,7,12-13H2,1,3-6H3. The van der Waals surface area contributed by atoms with Crippen LogP contribution in [0, 0.1) is 13.8 Å². The molecule has 0 amide bonds. The zero-order valence-electron chi connectivity index (χ0n) is 15.5. The van der Waals surface area contributed by atoms with Gasteiger partial charge in [-0.2, -0.15) is 5.10 Å². The normalized spacial score (nSPS) is 12.2. The summed E-state index contributed by atoms with van der Waals surface area (Å²) in [7, 11) is 0. The van der Waals surface area contributed by atoms with E-state index in [0.717, 1.165) is 30.1 Å². The third-order valence-electron chi connectivity index (χ3n) is 4.17. The van der Waals surface area contributed by atoms with Crippen molar-refractivity contribution in [3.8, 4) is 5.75 Å². The van der Waals surface area contributed by atoms with Gasteiger partial charge in [0.1, 0.15) is 12.4 Å². The van der Waals surface area contributed by atoms with E-state index in [1.54, 1.807) is 0 Å². The Hall–Kier alpha value is -2.07. The van der Waals surface area contributed by atoms with E-state index in [-0.39, 0.29) is 6.04 Å². The average molecular weight is 327 g/mol. The van der Waals surface area contributed by atoms with Gasteiger partial charge in [0.05, 0.1) is 5.69 Å². The highest BCUT2D eigenvalue weighted by molar-refractivity contribution is 5.30. The molecule has 0 aliphatic rings. The highest BCUT2D eigenvalue weighted by Gasteiger charge is 2.16. The zero-order valence-corrected chi connectivity index (χ0v) is 15.5. The maximum absolute atomic E-state index is 5.71. The maximum atomic E-state index is 5.71. The molecule has 0 fully saturated rings. The van der Waals surface area contributed by atoms with Gasteiger partial charge in [-0.15, -0.1) is 0 Å². The van der Waals surface area contributed by atoms with E-state index < -0.39 is 0 Å². The summed E-state index contributed by atoms with van der Waals surface area (Å²) in [5, 5.41) is 8.21. The van der Waals surface area contributed by atoms with Crippen LogP contribution >= 0.6 is 0 Å². The van der Waals surface area contributed by atoms with E-state index in [0.29, 0.717) is 6.61 Å². The summed E-state index contributed by atoms with van der Waals surface area (Å²) in [5.41, 5.74) is 5.87. The first-order valence-corrected chi connectivity index (χ1v) is 8.55. The minimum atomic E-state index is 0.255. The van der Waals surface area contributed by atoms with Gasteiger partial charge in [0.2, 0.25) is 0 Å². The van der Waals surface area contributed by atoms with Crippen molar-refractivity contribution in [3.63, 3.8) is 0 Å². The quantitative estimate of drug-likeness (QED) is 0.734. The van der Waals surface area contributed by atoms with Crippen LogP contribution in [0.2, 0.25) is 0 Å². The number of rotatable bonds is 8. The summed E-state index contributed by atoms with van der Waals surface area (Å²) >= 11 is 0. The lowest BCUT2D eigenvalue weighted by atomic mass is 10.1. The first-order chi connectivity index (χ1) is 11.4. The van der Waals surface area contributed by atoms with Crippen molar-refractivity contribution >= 4 is 0 Å². The Kier molecular flexibility index (Phi) is 6.21. The Bertz CT molecular complexity index is 703. The minimum absolute atomic E-state index is 0.255. The molecule has 1 atom stereocenters. The molecule has 4 nitrogen and oxygen atoms in total. The molecule has 2 aromatic rings. The number of hydrogen-bond donors (Lipinski definition) is 1. The zero-order chi connectivity index (χ0) is 17.7. The van der Waals surface area contributed by atoms with E-state index in [2.05, 4.69) is 61.5 Å². The molecule has 0 bridgehead atoms. The number of ether oxygens (including phenoxy) is 1. The Labute approximate surface area is 145 Å². The molecule has 0 radical (unpaired) electrons. The Balaban J connectivity index is 2.01. The Morgan fingerprint density at radius 3 is 2.75 bits per heavy atom. The number of nitrogens with zero attached hydrogens (tertiary/aromatic N) is 2. The van der Waals surface area contributed by atoms with Gasteiger partial charge in [-0.25, -0.2) is 0 Å². The van der Waals surface area contributed by atoms with Crippen LogP contribution in [0.4, 0.5) is 0 Å². The van der Waals surface area contributed by atoms with Crippen molar-refractivity contribution in [1.29, 1.82) is 0 Å². The van der Waals surface area contributed by atoms with E-state index in [9.17, 15) is 0 Å². The van der Waals surface area contributed by atoms with Gasteiger partial charge < -0.3 is 10.1 Å². The topological polar surface area (TPSA) is 39.1 Å². The van der Waals surface area contributed by atoms with Gasteiger partial charge in [-0.05, 0) is 57.9 Å². The maximum Gasteiger partial charge on any atom is 0.120 e. The van der Waals surface area contributed by atoms with Gasteiger partial charge in [0.25, 0.3) is 0 Å². The molecular formula is C20H29N3O. The van der Waals surface area contributed by atoms with E-state index in [1.165, 1.54) is 16.8 Å². The molecule has 0 aliphatic heterocycles. The van der Waals surface area contributed by atoms with Crippen LogP contribution < -0.4 is 10.1 Å². The molecule has 0 spiro atoms. The molecule has 0 aliphatic carbocycles. The molecule has 24 heavy (non-hydrogen) atoms. The van der Waals surface area contributed by atoms with Crippen molar-refractivity contribution in [2.45, 2.75) is 53.8 Å². The fourth-order valence-electron chi connectivity index (χ4n) is 2.97. The summed E-state index contributed by atoms with van der Waals surface area (Å²) in [6, 6.07) is 8.46. The second-order valence-electron chi connectivity index (χ2n) is 6.40. The molecular weight excluding hydrogens is 298 g/mol. The molecule has 1 heterocycles. The van der Waals surface area contributed by atoms with Crippen LogP contribution in [0.25, 0.3) is 0 Å². The summed E-state index contributed by atoms with van der Waals surface area (Å²) in [6.07, 6.45) is 0. The third-order valence-corrected chi connectivity index (χ3v) is 4.17. The van der Waals surface area contributed by atoms with Gasteiger partial charge in [-0.1, -0.05) is 18.7 Å². The molecule has 4 heteroatoms. The first-order valence-electron chi connectivity index (χ1n) is 8.55. The number of aryl methyl sites for hydroxylation is 2. The predicted octanol–water partition coefficient (Wildman–Crippen LogP) is 4.33. The van der Waals surface area contributed by atoms with Crippen molar-refractivity contribution in [2.24, 2.45) is 0 Å². The largest absolute Gasteiger partial charge is 0.489 e. The fourth-order valence-corrected chi connectivity index (χ4v) is 2.97. The van der Waals surface area contributed by atoms with E-state index >= 15 is 0 Å². The number of hydrogen-bond acceptors (Lipinski definition) is 3. The average Bonchev–Trinajstić information content (AvgIpc) is 2.85. The number of aromatic nitrogens is 2. The highest BCUT2D eigenvalue weighted by atomic mass is 16.5. The third kappa shape index (κ3) is 4.48. The van der Waals surface area contributed by atoms with Gasteiger partial charge in [0, 0.05) is 30.4 Å². The van der Waals surface area contributed by atoms with Crippen LogP contribution in [0.5, 0.6) is 5.75 Å². The Morgan fingerprint density at radius 1 is 1.38 bits per heavy atom. The second kappa shape index (κ2) is 8.15. The number of benzene rings is 1. The molecule has 2 rings (SSSR count). The van der Waals surface area contributed by atoms with Crippen molar-refractivity contribution in [3.05, 3.63) is 58.9 Å². The molecule has 130 valence electrons. The molecule has 1 unspecified atom stereocenters. The van der Waals surface area contributed by atoms with Crippen LogP contribution in [0.15, 0.2) is 36.4 Å². The van der Waals surface area contributed by atoms with Crippen LogP contribution in [-0.2, 0) is 13.1 Å². The van der Waals surface area contributed by atoms with E-state index in [4.69, 9.17) is 4.74 Å². The van der Waals surface area contributed by atoms with Crippen LogP contribution in [-0.4, -0.2) is 16.4 Å². The number of nitrogens with one attached hydrogen (secondary N) is 1. The van der Waals surface area contributed by atoms with Gasteiger partial charge >= 0.3 is 0 Å². The van der Waals surface area contributed by atoms with Crippen LogP contribution in [0.3, 0.4) is 0 Å².